The van der Waals surface area contributed by atoms with Gasteiger partial charge in [0.25, 0.3) is 5.91 Å². The van der Waals surface area contributed by atoms with E-state index < -0.39 is 10.8 Å². The molecule has 1 fully saturated rings. The summed E-state index contributed by atoms with van der Waals surface area (Å²) in [6, 6.07) is 7.42. The average Bonchev–Trinajstić information content (AvgIpc) is 3.02. The van der Waals surface area contributed by atoms with Crippen molar-refractivity contribution in [3.63, 3.8) is 0 Å². The van der Waals surface area contributed by atoms with E-state index in [1.165, 1.54) is 6.33 Å². The lowest BCUT2D eigenvalue weighted by atomic mass is 10.1. The normalized spacial score (nSPS) is 22.3. The van der Waals surface area contributed by atoms with Crippen LogP contribution in [0.15, 0.2) is 36.9 Å². The summed E-state index contributed by atoms with van der Waals surface area (Å²) < 4.78 is 13.3. The minimum absolute atomic E-state index is 0.00320. The van der Waals surface area contributed by atoms with Gasteiger partial charge in [-0.15, -0.1) is 0 Å². The molecule has 2 aromatic rings. The van der Waals surface area contributed by atoms with Crippen molar-refractivity contribution in [2.24, 2.45) is 0 Å². The first-order chi connectivity index (χ1) is 10.6. The molecular formula is C15H18N4O2S. The van der Waals surface area contributed by atoms with Crippen molar-refractivity contribution in [2.75, 3.05) is 18.1 Å². The van der Waals surface area contributed by atoms with Crippen molar-refractivity contribution in [2.45, 2.75) is 19.4 Å². The number of aromatic nitrogens is 3. The maximum Gasteiger partial charge on any atom is 0.254 e. The van der Waals surface area contributed by atoms with Crippen molar-refractivity contribution >= 4 is 16.7 Å². The van der Waals surface area contributed by atoms with Crippen LogP contribution in [0.3, 0.4) is 0 Å². The van der Waals surface area contributed by atoms with Crippen molar-refractivity contribution in [3.05, 3.63) is 42.5 Å². The van der Waals surface area contributed by atoms with Crippen LogP contribution in [-0.2, 0) is 10.8 Å². The first-order valence-electron chi connectivity index (χ1n) is 7.26. The zero-order chi connectivity index (χ0) is 15.5. The number of nitrogens with zero attached hydrogens (tertiary/aromatic N) is 4. The maximum absolute atomic E-state index is 12.7. The van der Waals surface area contributed by atoms with Gasteiger partial charge in [0, 0.05) is 40.5 Å². The smallest absolute Gasteiger partial charge is 0.254 e. The first-order valence-corrected chi connectivity index (χ1v) is 8.75. The van der Waals surface area contributed by atoms with E-state index in [4.69, 9.17) is 0 Å². The largest absolute Gasteiger partial charge is 0.335 e. The molecule has 2 heterocycles. The minimum Gasteiger partial charge on any atom is -0.335 e. The third-order valence-electron chi connectivity index (χ3n) is 3.91. The summed E-state index contributed by atoms with van der Waals surface area (Å²) in [4.78, 5) is 18.4. The van der Waals surface area contributed by atoms with Crippen LogP contribution >= 0.6 is 0 Å². The Bertz CT molecular complexity index is 669. The van der Waals surface area contributed by atoms with Gasteiger partial charge in [0.1, 0.15) is 12.7 Å². The van der Waals surface area contributed by atoms with E-state index in [9.17, 15) is 9.00 Å². The molecule has 0 spiro atoms. The lowest BCUT2D eigenvalue weighted by Crippen LogP contribution is -2.39. The molecule has 1 aromatic heterocycles. The van der Waals surface area contributed by atoms with Gasteiger partial charge in [-0.2, -0.15) is 5.10 Å². The Labute approximate surface area is 131 Å². The van der Waals surface area contributed by atoms with Crippen LogP contribution in [0.2, 0.25) is 0 Å². The van der Waals surface area contributed by atoms with Crippen molar-refractivity contribution in [3.8, 4) is 5.69 Å². The lowest BCUT2D eigenvalue weighted by molar-refractivity contribution is 0.0706. The first kappa shape index (κ1) is 14.9. The quantitative estimate of drug-likeness (QED) is 0.836. The van der Waals surface area contributed by atoms with Gasteiger partial charge in [0.05, 0.1) is 5.69 Å². The molecule has 116 valence electrons. The number of hydrogen-bond donors (Lipinski definition) is 0. The van der Waals surface area contributed by atoms with E-state index in [-0.39, 0.29) is 11.9 Å². The second-order valence-corrected chi connectivity index (χ2v) is 7.07. The molecule has 7 heteroatoms. The summed E-state index contributed by atoms with van der Waals surface area (Å²) in [5, 5.41) is 4.06. The van der Waals surface area contributed by atoms with Gasteiger partial charge >= 0.3 is 0 Å². The van der Waals surface area contributed by atoms with Gasteiger partial charge in [0.2, 0.25) is 0 Å². The average molecular weight is 318 g/mol. The number of carbonyl (C=O) groups is 1. The van der Waals surface area contributed by atoms with Crippen molar-refractivity contribution in [1.82, 2.24) is 19.7 Å². The van der Waals surface area contributed by atoms with E-state index in [0.717, 1.165) is 12.1 Å². The Hall–Kier alpha value is -2.02. The summed E-state index contributed by atoms with van der Waals surface area (Å²) in [7, 11) is -0.808. The summed E-state index contributed by atoms with van der Waals surface area (Å²) >= 11 is 0. The SMILES string of the molecule is CC1CCS(=O)CCN1C(=O)c1ccc(-n2cncn2)cc1. The van der Waals surface area contributed by atoms with Crippen LogP contribution in [0.25, 0.3) is 5.69 Å². The Morgan fingerprint density at radius 2 is 2.05 bits per heavy atom. The zero-order valence-corrected chi connectivity index (χ0v) is 13.2. The Morgan fingerprint density at radius 1 is 1.27 bits per heavy atom. The molecule has 0 N–H and O–H groups in total. The van der Waals surface area contributed by atoms with Gasteiger partial charge in [-0.05, 0) is 37.6 Å². The Balaban J connectivity index is 1.78. The number of amides is 1. The molecule has 1 saturated heterocycles. The van der Waals surface area contributed by atoms with E-state index >= 15 is 0 Å². The van der Waals surface area contributed by atoms with E-state index in [1.54, 1.807) is 23.1 Å². The molecule has 6 nitrogen and oxygen atoms in total. The molecule has 0 radical (unpaired) electrons. The van der Waals surface area contributed by atoms with Crippen LogP contribution in [0.5, 0.6) is 0 Å². The minimum atomic E-state index is -0.808. The molecule has 2 atom stereocenters. The number of benzene rings is 1. The topological polar surface area (TPSA) is 68.1 Å². The van der Waals surface area contributed by atoms with Crippen LogP contribution in [0.1, 0.15) is 23.7 Å². The van der Waals surface area contributed by atoms with Crippen molar-refractivity contribution in [1.29, 1.82) is 0 Å². The molecule has 1 amide bonds. The fraction of sp³-hybridized carbons (Fsp3) is 0.400. The number of rotatable bonds is 2. The predicted molar refractivity (Wildman–Crippen MR) is 84.4 cm³/mol. The highest BCUT2D eigenvalue weighted by molar-refractivity contribution is 7.85. The van der Waals surface area contributed by atoms with E-state index in [0.29, 0.717) is 23.6 Å². The second-order valence-electron chi connectivity index (χ2n) is 5.37. The van der Waals surface area contributed by atoms with Crippen LogP contribution in [0.4, 0.5) is 0 Å². The predicted octanol–water partition coefficient (Wildman–Crippen LogP) is 1.25. The molecule has 22 heavy (non-hydrogen) atoms. The van der Waals surface area contributed by atoms with Gasteiger partial charge in [-0.25, -0.2) is 9.67 Å². The molecule has 1 aliphatic rings. The standard InChI is InChI=1S/C15H18N4O2S/c1-12-6-8-22(21)9-7-18(12)15(20)13-2-4-14(5-3-13)19-11-16-10-17-19/h2-5,10-12H,6-9H2,1H3. The van der Waals surface area contributed by atoms with Crippen molar-refractivity contribution < 1.29 is 9.00 Å². The zero-order valence-electron chi connectivity index (χ0n) is 12.4. The molecule has 0 aliphatic carbocycles. The second kappa shape index (κ2) is 6.39. The maximum atomic E-state index is 12.7. The molecule has 1 aliphatic heterocycles. The highest BCUT2D eigenvalue weighted by atomic mass is 32.2. The number of carbonyl (C=O) groups excluding carboxylic acids is 1. The monoisotopic (exact) mass is 318 g/mol. The highest BCUT2D eigenvalue weighted by Crippen LogP contribution is 2.16. The molecule has 3 rings (SSSR count). The van der Waals surface area contributed by atoms with Crippen LogP contribution < -0.4 is 0 Å². The van der Waals surface area contributed by atoms with E-state index in [2.05, 4.69) is 10.1 Å². The van der Waals surface area contributed by atoms with Crippen LogP contribution in [-0.4, -0.2) is 53.9 Å². The fourth-order valence-electron chi connectivity index (χ4n) is 2.55. The third-order valence-corrected chi connectivity index (χ3v) is 5.24. The molecular weight excluding hydrogens is 300 g/mol. The molecule has 2 unspecified atom stereocenters. The summed E-state index contributed by atoms with van der Waals surface area (Å²) in [6.45, 7) is 2.57. The van der Waals surface area contributed by atoms with E-state index in [1.807, 2.05) is 24.0 Å². The molecule has 0 bridgehead atoms. The van der Waals surface area contributed by atoms with Gasteiger partial charge in [-0.1, -0.05) is 0 Å². The Morgan fingerprint density at radius 3 is 2.73 bits per heavy atom. The van der Waals surface area contributed by atoms with Gasteiger partial charge in [-0.3, -0.25) is 9.00 Å². The van der Waals surface area contributed by atoms with Gasteiger partial charge < -0.3 is 4.90 Å². The summed E-state index contributed by atoms with van der Waals surface area (Å²) in [5.41, 5.74) is 1.50. The molecule has 1 aromatic carbocycles. The molecule has 0 saturated carbocycles. The third kappa shape index (κ3) is 3.09. The summed E-state index contributed by atoms with van der Waals surface area (Å²) in [6.07, 6.45) is 3.87. The van der Waals surface area contributed by atoms with Crippen LogP contribution in [0, 0.1) is 0 Å². The Kier molecular flexibility index (Phi) is 4.33. The highest BCUT2D eigenvalue weighted by Gasteiger charge is 2.25. The summed E-state index contributed by atoms with van der Waals surface area (Å²) in [5.74, 6) is 1.24. The fourth-order valence-corrected chi connectivity index (χ4v) is 3.75. The lowest BCUT2D eigenvalue weighted by Gasteiger charge is -2.26. The van der Waals surface area contributed by atoms with Gasteiger partial charge in [0.15, 0.2) is 0 Å². The number of hydrogen-bond acceptors (Lipinski definition) is 4.